The van der Waals surface area contributed by atoms with Crippen LogP contribution in [0.15, 0.2) is 39.6 Å². The number of benzene rings is 1. The van der Waals surface area contributed by atoms with E-state index < -0.39 is 63.5 Å². The number of hydrogen-bond donors (Lipinski definition) is 1. The molecular weight excluding hydrogens is 549 g/mol. The lowest BCUT2D eigenvalue weighted by Crippen LogP contribution is -2.30. The van der Waals surface area contributed by atoms with E-state index in [9.17, 15) is 35.8 Å². The Labute approximate surface area is 222 Å². The van der Waals surface area contributed by atoms with Crippen LogP contribution in [-0.4, -0.2) is 57.3 Å². The van der Waals surface area contributed by atoms with Gasteiger partial charge in [0.25, 0.3) is 5.91 Å². The van der Waals surface area contributed by atoms with Crippen molar-refractivity contribution in [2.45, 2.75) is 62.6 Å². The maximum atomic E-state index is 13.9. The highest BCUT2D eigenvalue weighted by Crippen LogP contribution is 2.33. The summed E-state index contributed by atoms with van der Waals surface area (Å²) < 4.78 is 89.6. The third-order valence-electron chi connectivity index (χ3n) is 5.50. The van der Waals surface area contributed by atoms with E-state index in [2.05, 4.69) is 19.9 Å². The van der Waals surface area contributed by atoms with E-state index in [4.69, 9.17) is 4.74 Å². The smallest absolute Gasteiger partial charge is 0.442 e. The molecule has 0 bridgehead atoms. The Balaban J connectivity index is 1.94. The minimum atomic E-state index is -4.91. The van der Waals surface area contributed by atoms with Crippen molar-refractivity contribution in [1.29, 1.82) is 0 Å². The molecule has 3 rings (SSSR count). The van der Waals surface area contributed by atoms with Crippen molar-refractivity contribution in [2.24, 2.45) is 4.36 Å². The Hall–Kier alpha value is -3.36. The van der Waals surface area contributed by atoms with E-state index in [1.807, 2.05) is 0 Å². The van der Waals surface area contributed by atoms with Gasteiger partial charge in [-0.2, -0.15) is 13.2 Å². The molecule has 9 nitrogen and oxygen atoms in total. The zero-order valence-corrected chi connectivity index (χ0v) is 22.5. The summed E-state index contributed by atoms with van der Waals surface area (Å²) in [5, 5.41) is 9.16. The van der Waals surface area contributed by atoms with E-state index in [1.54, 1.807) is 20.8 Å². The SMILES string of the molecule is CC(C)(C)OC(=O)N=[S@@](C)(=O)c1cccc(NC(=O)c2cc(C(F)(F)F)nnc2N2CCCC(F)(F)CC2)c1. The number of amides is 2. The number of nitrogens with zero attached hydrogens (tertiary/aromatic N) is 4. The molecule has 0 spiro atoms. The summed E-state index contributed by atoms with van der Waals surface area (Å²) in [6.07, 6.45) is -5.72. The van der Waals surface area contributed by atoms with Crippen molar-refractivity contribution in [2.75, 3.05) is 29.6 Å². The number of aromatic nitrogens is 2. The Kier molecular flexibility index (Phi) is 8.53. The fourth-order valence-corrected chi connectivity index (χ4v) is 4.79. The van der Waals surface area contributed by atoms with Crippen LogP contribution in [0.5, 0.6) is 0 Å². The minimum absolute atomic E-state index is 0.0326. The molecule has 1 saturated heterocycles. The van der Waals surface area contributed by atoms with Crippen LogP contribution in [0.4, 0.5) is 38.3 Å². The Morgan fingerprint density at radius 1 is 1.10 bits per heavy atom. The number of carbonyl (C=O) groups excluding carboxylic acids is 2. The highest BCUT2D eigenvalue weighted by Gasteiger charge is 2.37. The molecule has 1 N–H and O–H groups in total. The number of hydrogen-bond acceptors (Lipinski definition) is 7. The second-order valence-electron chi connectivity index (χ2n) is 10.0. The Morgan fingerprint density at radius 3 is 2.44 bits per heavy atom. The van der Waals surface area contributed by atoms with Gasteiger partial charge in [0, 0.05) is 42.8 Å². The average Bonchev–Trinajstić information content (AvgIpc) is 2.97. The molecule has 214 valence electrons. The first-order valence-corrected chi connectivity index (χ1v) is 13.7. The second-order valence-corrected chi connectivity index (χ2v) is 12.3. The Bertz CT molecular complexity index is 1370. The molecule has 0 aliphatic carbocycles. The van der Waals surface area contributed by atoms with Crippen LogP contribution in [0, 0.1) is 0 Å². The van der Waals surface area contributed by atoms with Gasteiger partial charge in [0.2, 0.25) is 5.92 Å². The topological polar surface area (TPSA) is 114 Å². The summed E-state index contributed by atoms with van der Waals surface area (Å²) in [6.45, 7) is 4.62. The summed E-state index contributed by atoms with van der Waals surface area (Å²) in [4.78, 5) is 26.6. The molecule has 2 aromatic rings. The highest BCUT2D eigenvalue weighted by atomic mass is 32.2. The molecule has 1 fully saturated rings. The molecule has 2 amide bonds. The van der Waals surface area contributed by atoms with Crippen LogP contribution in [0.2, 0.25) is 0 Å². The first-order chi connectivity index (χ1) is 17.9. The lowest BCUT2D eigenvalue weighted by atomic mass is 10.1. The lowest BCUT2D eigenvalue weighted by Gasteiger charge is -2.24. The summed E-state index contributed by atoms with van der Waals surface area (Å²) in [5.74, 6) is -4.24. The van der Waals surface area contributed by atoms with Gasteiger partial charge in [-0.3, -0.25) is 4.79 Å². The maximum absolute atomic E-state index is 13.9. The van der Waals surface area contributed by atoms with Crippen molar-refractivity contribution in [3.8, 4) is 0 Å². The predicted molar refractivity (Wildman–Crippen MR) is 133 cm³/mol. The van der Waals surface area contributed by atoms with Crippen molar-refractivity contribution in [3.63, 3.8) is 0 Å². The fourth-order valence-electron chi connectivity index (χ4n) is 3.68. The van der Waals surface area contributed by atoms with E-state index in [0.29, 0.717) is 6.07 Å². The van der Waals surface area contributed by atoms with E-state index >= 15 is 0 Å². The molecule has 0 unspecified atom stereocenters. The van der Waals surface area contributed by atoms with Gasteiger partial charge in [-0.05, 0) is 51.5 Å². The predicted octanol–water partition coefficient (Wildman–Crippen LogP) is 5.77. The first-order valence-electron chi connectivity index (χ1n) is 11.8. The summed E-state index contributed by atoms with van der Waals surface area (Å²) in [7, 11) is -3.32. The Morgan fingerprint density at radius 2 is 1.79 bits per heavy atom. The maximum Gasteiger partial charge on any atom is 0.442 e. The van der Waals surface area contributed by atoms with Crippen LogP contribution < -0.4 is 10.2 Å². The number of alkyl halides is 5. The molecule has 1 atom stereocenters. The average molecular weight is 578 g/mol. The molecule has 1 aromatic heterocycles. The zero-order valence-electron chi connectivity index (χ0n) is 21.6. The zero-order chi connectivity index (χ0) is 29.2. The van der Waals surface area contributed by atoms with Crippen LogP contribution in [-0.2, 0) is 20.6 Å². The summed E-state index contributed by atoms with van der Waals surface area (Å²) in [6, 6.07) is 5.94. The second kappa shape index (κ2) is 11.0. The molecule has 1 aromatic carbocycles. The molecule has 1 aliphatic heterocycles. The molecule has 0 radical (unpaired) electrons. The van der Waals surface area contributed by atoms with Crippen LogP contribution in [0.25, 0.3) is 0 Å². The third kappa shape index (κ3) is 8.31. The number of nitrogens with one attached hydrogen (secondary N) is 1. The van der Waals surface area contributed by atoms with Gasteiger partial charge in [0.1, 0.15) is 5.60 Å². The number of halogens is 5. The van der Waals surface area contributed by atoms with Gasteiger partial charge < -0.3 is 15.0 Å². The van der Waals surface area contributed by atoms with Crippen molar-refractivity contribution >= 4 is 33.2 Å². The van der Waals surface area contributed by atoms with E-state index in [-0.39, 0.29) is 35.9 Å². The molecular formula is C24H28F5N5O4S. The number of anilines is 2. The van der Waals surface area contributed by atoms with Crippen LogP contribution >= 0.6 is 0 Å². The van der Waals surface area contributed by atoms with Gasteiger partial charge in [-0.1, -0.05) is 6.07 Å². The minimum Gasteiger partial charge on any atom is -0.442 e. The number of ether oxygens (including phenoxy) is 1. The van der Waals surface area contributed by atoms with Crippen LogP contribution in [0.1, 0.15) is 56.1 Å². The highest BCUT2D eigenvalue weighted by molar-refractivity contribution is 7.93. The van der Waals surface area contributed by atoms with Gasteiger partial charge in [-0.25, -0.2) is 17.8 Å². The van der Waals surface area contributed by atoms with E-state index in [1.165, 1.54) is 35.4 Å². The van der Waals surface area contributed by atoms with Gasteiger partial charge in [0.15, 0.2) is 11.5 Å². The molecule has 1 aliphatic rings. The number of carbonyl (C=O) groups is 2. The molecule has 15 heteroatoms. The van der Waals surface area contributed by atoms with Crippen molar-refractivity contribution < 1.29 is 40.5 Å². The largest absolute Gasteiger partial charge is 0.442 e. The number of rotatable bonds is 4. The van der Waals surface area contributed by atoms with Gasteiger partial charge >= 0.3 is 12.3 Å². The van der Waals surface area contributed by atoms with Crippen molar-refractivity contribution in [1.82, 2.24) is 10.2 Å². The van der Waals surface area contributed by atoms with Crippen LogP contribution in [0.3, 0.4) is 0 Å². The monoisotopic (exact) mass is 577 g/mol. The molecule has 2 heterocycles. The standard InChI is InChI=1S/C24H28F5N5O4S/c1-22(2,3)38-21(36)33-39(4,37)16-8-5-7-15(13-16)30-20(35)17-14-18(24(27,28)29)31-32-19(17)34-11-6-9-23(25,26)10-12-34/h5,7-8,13-14H,6,9-12H2,1-4H3,(H,30,35)/t39-/m0/s1. The third-order valence-corrected chi connectivity index (χ3v) is 7.12. The summed E-state index contributed by atoms with van der Waals surface area (Å²) in [5.41, 5.74) is -2.80. The van der Waals surface area contributed by atoms with E-state index in [0.717, 1.165) is 0 Å². The van der Waals surface area contributed by atoms with Gasteiger partial charge in [-0.15, -0.1) is 14.6 Å². The first kappa shape index (κ1) is 30.2. The lowest BCUT2D eigenvalue weighted by molar-refractivity contribution is -0.141. The molecule has 39 heavy (non-hydrogen) atoms. The normalized spacial score (nSPS) is 17.5. The molecule has 0 saturated carbocycles. The van der Waals surface area contributed by atoms with Crippen molar-refractivity contribution in [3.05, 3.63) is 41.6 Å². The fraction of sp³-hybridized carbons (Fsp3) is 0.500. The summed E-state index contributed by atoms with van der Waals surface area (Å²) >= 11 is 0. The quantitative estimate of drug-likeness (QED) is 0.459. The van der Waals surface area contributed by atoms with Gasteiger partial charge in [0.05, 0.1) is 15.3 Å².